The van der Waals surface area contributed by atoms with Crippen molar-refractivity contribution in [1.82, 2.24) is 10.2 Å². The Hall–Kier alpha value is -0.610. The Morgan fingerprint density at radius 3 is 2.56 bits per heavy atom. The zero-order chi connectivity index (χ0) is 12.0. The summed E-state index contributed by atoms with van der Waals surface area (Å²) in [7, 11) is 0. The number of hydrogen-bond donors (Lipinski definition) is 2. The van der Waals surface area contributed by atoms with Gasteiger partial charge in [-0.25, -0.2) is 0 Å². The van der Waals surface area contributed by atoms with Crippen molar-refractivity contribution < 1.29 is 4.79 Å². The zero-order valence-corrected chi connectivity index (χ0v) is 10.5. The maximum atomic E-state index is 11.5. The second kappa shape index (κ2) is 6.86. The fourth-order valence-corrected chi connectivity index (χ4v) is 2.05. The van der Waals surface area contributed by atoms with E-state index in [9.17, 15) is 4.79 Å². The average Bonchev–Trinajstić information content (AvgIpc) is 2.35. The Bertz CT molecular complexity index is 214. The molecule has 0 saturated carbocycles. The van der Waals surface area contributed by atoms with Crippen LogP contribution in [0.25, 0.3) is 0 Å². The minimum Gasteiger partial charge on any atom is -0.353 e. The number of amides is 1. The Morgan fingerprint density at radius 2 is 2.00 bits per heavy atom. The van der Waals surface area contributed by atoms with Crippen LogP contribution in [0.3, 0.4) is 0 Å². The van der Waals surface area contributed by atoms with Crippen LogP contribution in [0.5, 0.6) is 0 Å². The van der Waals surface area contributed by atoms with E-state index in [4.69, 9.17) is 5.73 Å². The molecule has 1 aliphatic rings. The molecular weight excluding hydrogens is 202 g/mol. The zero-order valence-electron chi connectivity index (χ0n) is 10.5. The molecule has 1 aliphatic heterocycles. The molecule has 0 bridgehead atoms. The molecule has 1 rings (SSSR count). The van der Waals surface area contributed by atoms with Gasteiger partial charge in [0.05, 0.1) is 6.04 Å². The fraction of sp³-hybridized carbons (Fsp3) is 0.917. The number of nitrogens with one attached hydrogen (secondary N) is 1. The van der Waals surface area contributed by atoms with Crippen LogP contribution in [0, 0.1) is 0 Å². The van der Waals surface area contributed by atoms with Crippen LogP contribution in [0.4, 0.5) is 0 Å². The van der Waals surface area contributed by atoms with Gasteiger partial charge in [0.2, 0.25) is 5.91 Å². The second-order valence-electron chi connectivity index (χ2n) is 4.71. The Morgan fingerprint density at radius 1 is 1.38 bits per heavy atom. The van der Waals surface area contributed by atoms with Gasteiger partial charge in [-0.3, -0.25) is 9.69 Å². The lowest BCUT2D eigenvalue weighted by molar-refractivity contribution is -0.122. The molecule has 4 nitrogen and oxygen atoms in total. The van der Waals surface area contributed by atoms with Gasteiger partial charge >= 0.3 is 0 Å². The van der Waals surface area contributed by atoms with Gasteiger partial charge in [-0.05, 0) is 39.3 Å². The maximum Gasteiger partial charge on any atom is 0.236 e. The highest BCUT2D eigenvalue weighted by atomic mass is 16.2. The lowest BCUT2D eigenvalue weighted by atomic mass is 10.1. The van der Waals surface area contributed by atoms with Gasteiger partial charge in [-0.1, -0.05) is 13.3 Å². The van der Waals surface area contributed by atoms with Crippen molar-refractivity contribution in [3.63, 3.8) is 0 Å². The smallest absolute Gasteiger partial charge is 0.236 e. The Labute approximate surface area is 98.6 Å². The van der Waals surface area contributed by atoms with E-state index in [1.54, 1.807) is 0 Å². The molecule has 1 heterocycles. The fourth-order valence-electron chi connectivity index (χ4n) is 2.05. The summed E-state index contributed by atoms with van der Waals surface area (Å²) in [6.07, 6.45) is 4.61. The number of piperidine rings is 1. The maximum absolute atomic E-state index is 11.5. The van der Waals surface area contributed by atoms with Crippen molar-refractivity contribution in [2.75, 3.05) is 19.6 Å². The summed E-state index contributed by atoms with van der Waals surface area (Å²) >= 11 is 0. The third-order valence-electron chi connectivity index (χ3n) is 3.36. The quantitative estimate of drug-likeness (QED) is 0.727. The van der Waals surface area contributed by atoms with Crippen molar-refractivity contribution in [3.05, 3.63) is 0 Å². The SMILES string of the molecule is CC[C@H](N)C(=O)NCC(C)N1CCCCC1. The molecule has 0 aliphatic carbocycles. The molecule has 0 spiro atoms. The molecule has 2 atom stereocenters. The van der Waals surface area contributed by atoms with E-state index >= 15 is 0 Å². The van der Waals surface area contributed by atoms with E-state index in [1.807, 2.05) is 6.92 Å². The molecule has 16 heavy (non-hydrogen) atoms. The predicted molar refractivity (Wildman–Crippen MR) is 66.2 cm³/mol. The summed E-state index contributed by atoms with van der Waals surface area (Å²) in [5.74, 6) is -0.0219. The summed E-state index contributed by atoms with van der Waals surface area (Å²) in [6, 6.07) is 0.0712. The Kier molecular flexibility index (Phi) is 5.77. The molecule has 0 aromatic rings. The monoisotopic (exact) mass is 227 g/mol. The van der Waals surface area contributed by atoms with E-state index in [0.29, 0.717) is 19.0 Å². The molecule has 3 N–H and O–H groups in total. The third-order valence-corrected chi connectivity index (χ3v) is 3.36. The highest BCUT2D eigenvalue weighted by Gasteiger charge is 2.18. The van der Waals surface area contributed by atoms with Crippen LogP contribution >= 0.6 is 0 Å². The lowest BCUT2D eigenvalue weighted by Crippen LogP contribution is -2.48. The minimum absolute atomic E-state index is 0.0219. The first kappa shape index (κ1) is 13.5. The van der Waals surface area contributed by atoms with Crippen LogP contribution < -0.4 is 11.1 Å². The largest absolute Gasteiger partial charge is 0.353 e. The van der Waals surface area contributed by atoms with Crippen molar-refractivity contribution in [3.8, 4) is 0 Å². The number of nitrogens with zero attached hydrogens (tertiary/aromatic N) is 1. The van der Waals surface area contributed by atoms with Crippen molar-refractivity contribution in [2.45, 2.75) is 51.6 Å². The molecule has 94 valence electrons. The number of carbonyl (C=O) groups excluding carboxylic acids is 1. The number of likely N-dealkylation sites (tertiary alicyclic amines) is 1. The van der Waals surface area contributed by atoms with E-state index in [0.717, 1.165) is 13.1 Å². The van der Waals surface area contributed by atoms with Crippen molar-refractivity contribution >= 4 is 5.91 Å². The van der Waals surface area contributed by atoms with Crippen LogP contribution in [0.15, 0.2) is 0 Å². The normalized spacial score (nSPS) is 21.4. The summed E-state index contributed by atoms with van der Waals surface area (Å²) in [5.41, 5.74) is 5.66. The molecule has 1 saturated heterocycles. The molecule has 0 aromatic carbocycles. The van der Waals surface area contributed by atoms with E-state index < -0.39 is 0 Å². The molecule has 4 heteroatoms. The van der Waals surface area contributed by atoms with E-state index in [-0.39, 0.29) is 11.9 Å². The lowest BCUT2D eigenvalue weighted by Gasteiger charge is -2.32. The number of carbonyl (C=O) groups is 1. The molecule has 0 aromatic heterocycles. The summed E-state index contributed by atoms with van der Waals surface area (Å²) in [5, 5.41) is 2.92. The van der Waals surface area contributed by atoms with Crippen LogP contribution in [0.2, 0.25) is 0 Å². The second-order valence-corrected chi connectivity index (χ2v) is 4.71. The average molecular weight is 227 g/mol. The Balaban J connectivity index is 2.23. The third kappa shape index (κ3) is 4.10. The standard InChI is InChI=1S/C12H25N3O/c1-3-11(13)12(16)14-9-10(2)15-7-5-4-6-8-15/h10-11H,3-9,13H2,1-2H3,(H,14,16)/t10?,11-/m0/s1. The van der Waals surface area contributed by atoms with Crippen molar-refractivity contribution in [2.24, 2.45) is 5.73 Å². The predicted octanol–water partition coefficient (Wildman–Crippen LogP) is 0.714. The molecule has 1 unspecified atom stereocenters. The number of nitrogens with two attached hydrogens (primary N) is 1. The first-order chi connectivity index (χ1) is 7.65. The van der Waals surface area contributed by atoms with E-state index in [1.165, 1.54) is 19.3 Å². The minimum atomic E-state index is -0.353. The van der Waals surface area contributed by atoms with Gasteiger partial charge in [0.25, 0.3) is 0 Å². The highest BCUT2D eigenvalue weighted by molar-refractivity contribution is 5.81. The first-order valence-corrected chi connectivity index (χ1v) is 6.42. The topological polar surface area (TPSA) is 58.4 Å². The summed E-state index contributed by atoms with van der Waals surface area (Å²) in [6.45, 7) is 7.14. The number of hydrogen-bond acceptors (Lipinski definition) is 3. The summed E-state index contributed by atoms with van der Waals surface area (Å²) in [4.78, 5) is 14.0. The van der Waals surface area contributed by atoms with Crippen LogP contribution in [0.1, 0.15) is 39.5 Å². The highest BCUT2D eigenvalue weighted by Crippen LogP contribution is 2.11. The van der Waals surface area contributed by atoms with Gasteiger partial charge in [0.15, 0.2) is 0 Å². The molecular formula is C12H25N3O. The van der Waals surface area contributed by atoms with Gasteiger partial charge < -0.3 is 11.1 Å². The summed E-state index contributed by atoms with van der Waals surface area (Å²) < 4.78 is 0. The van der Waals surface area contributed by atoms with Gasteiger partial charge in [0.1, 0.15) is 0 Å². The van der Waals surface area contributed by atoms with Gasteiger partial charge in [-0.2, -0.15) is 0 Å². The molecule has 0 radical (unpaired) electrons. The van der Waals surface area contributed by atoms with Crippen LogP contribution in [-0.4, -0.2) is 42.5 Å². The van der Waals surface area contributed by atoms with Crippen LogP contribution in [-0.2, 0) is 4.79 Å². The van der Waals surface area contributed by atoms with Crippen molar-refractivity contribution in [1.29, 1.82) is 0 Å². The number of rotatable bonds is 5. The molecule has 1 amide bonds. The van der Waals surface area contributed by atoms with E-state index in [2.05, 4.69) is 17.1 Å². The van der Waals surface area contributed by atoms with Gasteiger partial charge in [-0.15, -0.1) is 0 Å². The van der Waals surface area contributed by atoms with Gasteiger partial charge in [0, 0.05) is 12.6 Å². The first-order valence-electron chi connectivity index (χ1n) is 6.42. The molecule has 1 fully saturated rings.